The molecular formula is C20H25N3O2. The van der Waals surface area contributed by atoms with Crippen LogP contribution in [0.4, 0.5) is 0 Å². The first kappa shape index (κ1) is 17.4. The van der Waals surface area contributed by atoms with Crippen LogP contribution < -0.4 is 0 Å². The minimum Gasteiger partial charge on any atom is -0.343 e. The molecule has 2 aromatic rings. The number of piperidine rings is 1. The average molecular weight is 339 g/mol. The van der Waals surface area contributed by atoms with Crippen LogP contribution in [-0.2, 0) is 21.4 Å². The highest BCUT2D eigenvalue weighted by Crippen LogP contribution is 2.36. The van der Waals surface area contributed by atoms with Crippen molar-refractivity contribution in [3.8, 4) is 0 Å². The number of carbonyl (C=O) groups is 2. The summed E-state index contributed by atoms with van der Waals surface area (Å²) in [5, 5.41) is 6.71. The van der Waals surface area contributed by atoms with E-state index in [1.54, 1.807) is 13.1 Å². The summed E-state index contributed by atoms with van der Waals surface area (Å²) in [6.45, 7) is 2.98. The SMILES string of the molecule is CC(=O)C1(c2ccccc2)CCN(C(=O)CCCc2cn[nH]c2)CC1. The lowest BCUT2D eigenvalue weighted by Gasteiger charge is -2.40. The lowest BCUT2D eigenvalue weighted by Crippen LogP contribution is -2.48. The van der Waals surface area contributed by atoms with Crippen LogP contribution in [-0.4, -0.2) is 39.9 Å². The molecule has 132 valence electrons. The Kier molecular flexibility index (Phi) is 5.31. The molecule has 0 atom stereocenters. The van der Waals surface area contributed by atoms with Crippen molar-refractivity contribution in [2.45, 2.75) is 44.4 Å². The standard InChI is InChI=1S/C20H25N3O2/c1-16(24)20(18-7-3-2-4-8-18)10-12-23(13-11-20)19(25)9-5-6-17-14-21-22-15-17/h2-4,7-8,14-15H,5-6,9-13H2,1H3,(H,21,22). The number of nitrogens with zero attached hydrogens (tertiary/aromatic N) is 2. The molecule has 0 spiro atoms. The molecule has 1 N–H and O–H groups in total. The largest absolute Gasteiger partial charge is 0.343 e. The van der Waals surface area contributed by atoms with Gasteiger partial charge in [0.1, 0.15) is 5.78 Å². The summed E-state index contributed by atoms with van der Waals surface area (Å²) in [4.78, 5) is 26.8. The van der Waals surface area contributed by atoms with Gasteiger partial charge >= 0.3 is 0 Å². The van der Waals surface area contributed by atoms with Gasteiger partial charge in [0, 0.05) is 25.7 Å². The number of hydrogen-bond donors (Lipinski definition) is 1. The van der Waals surface area contributed by atoms with Gasteiger partial charge in [-0.1, -0.05) is 30.3 Å². The second-order valence-electron chi connectivity index (χ2n) is 6.85. The maximum Gasteiger partial charge on any atom is 0.222 e. The maximum atomic E-state index is 12.5. The molecule has 1 saturated heterocycles. The number of H-pyrrole nitrogens is 1. The molecular weight excluding hydrogens is 314 g/mol. The molecule has 2 heterocycles. The van der Waals surface area contributed by atoms with Crippen LogP contribution in [0.5, 0.6) is 0 Å². The van der Waals surface area contributed by atoms with Crippen molar-refractivity contribution in [3.63, 3.8) is 0 Å². The molecule has 5 nitrogen and oxygen atoms in total. The summed E-state index contributed by atoms with van der Waals surface area (Å²) in [6.07, 6.45) is 7.31. The van der Waals surface area contributed by atoms with Gasteiger partial charge in [0.25, 0.3) is 0 Å². The van der Waals surface area contributed by atoms with E-state index in [0.29, 0.717) is 32.4 Å². The average Bonchev–Trinajstić information content (AvgIpc) is 3.15. The number of aromatic amines is 1. The Hall–Kier alpha value is -2.43. The van der Waals surface area contributed by atoms with E-state index in [4.69, 9.17) is 0 Å². The van der Waals surface area contributed by atoms with Crippen molar-refractivity contribution in [2.75, 3.05) is 13.1 Å². The number of nitrogens with one attached hydrogen (secondary N) is 1. The van der Waals surface area contributed by atoms with E-state index in [-0.39, 0.29) is 11.7 Å². The van der Waals surface area contributed by atoms with E-state index in [1.165, 1.54) is 0 Å². The molecule has 5 heteroatoms. The molecule has 0 bridgehead atoms. The van der Waals surface area contributed by atoms with Crippen molar-refractivity contribution in [2.24, 2.45) is 0 Å². The summed E-state index contributed by atoms with van der Waals surface area (Å²) in [7, 11) is 0. The highest BCUT2D eigenvalue weighted by molar-refractivity contribution is 5.88. The number of hydrogen-bond acceptors (Lipinski definition) is 3. The minimum absolute atomic E-state index is 0.189. The first-order valence-electron chi connectivity index (χ1n) is 8.94. The van der Waals surface area contributed by atoms with Gasteiger partial charge in [-0.05, 0) is 43.7 Å². The number of benzene rings is 1. The van der Waals surface area contributed by atoms with Gasteiger partial charge in [0.2, 0.25) is 5.91 Å². The van der Waals surface area contributed by atoms with Crippen LogP contribution in [0, 0.1) is 0 Å². The number of amides is 1. The molecule has 1 aromatic heterocycles. The third-order valence-corrected chi connectivity index (χ3v) is 5.38. The number of rotatable bonds is 6. The Balaban J connectivity index is 1.56. The number of aryl methyl sites for hydroxylation is 1. The highest BCUT2D eigenvalue weighted by Gasteiger charge is 2.41. The third kappa shape index (κ3) is 3.81. The summed E-state index contributed by atoms with van der Waals surface area (Å²) >= 11 is 0. The quantitative estimate of drug-likeness (QED) is 0.880. The molecule has 0 unspecified atom stereocenters. The minimum atomic E-state index is -0.436. The zero-order chi connectivity index (χ0) is 17.7. The number of aromatic nitrogens is 2. The van der Waals surface area contributed by atoms with E-state index in [9.17, 15) is 9.59 Å². The topological polar surface area (TPSA) is 66.1 Å². The number of ketones is 1. The fraction of sp³-hybridized carbons (Fsp3) is 0.450. The molecule has 1 aliphatic heterocycles. The Morgan fingerprint density at radius 1 is 1.20 bits per heavy atom. The number of carbonyl (C=O) groups excluding carboxylic acids is 2. The second kappa shape index (κ2) is 7.64. The zero-order valence-electron chi connectivity index (χ0n) is 14.7. The summed E-state index contributed by atoms with van der Waals surface area (Å²) in [5.41, 5.74) is 1.77. The van der Waals surface area contributed by atoms with Crippen LogP contribution in [0.15, 0.2) is 42.7 Å². The summed E-state index contributed by atoms with van der Waals surface area (Å²) in [6, 6.07) is 9.99. The van der Waals surface area contributed by atoms with Crippen LogP contribution >= 0.6 is 0 Å². The third-order valence-electron chi connectivity index (χ3n) is 5.38. The highest BCUT2D eigenvalue weighted by atomic mass is 16.2. The van der Waals surface area contributed by atoms with Crippen LogP contribution in [0.3, 0.4) is 0 Å². The first-order valence-corrected chi connectivity index (χ1v) is 8.94. The van der Waals surface area contributed by atoms with Gasteiger partial charge in [-0.3, -0.25) is 14.7 Å². The van der Waals surface area contributed by atoms with Crippen molar-refractivity contribution < 1.29 is 9.59 Å². The van der Waals surface area contributed by atoms with Gasteiger partial charge in [-0.25, -0.2) is 0 Å². The monoisotopic (exact) mass is 339 g/mol. The molecule has 1 amide bonds. The Morgan fingerprint density at radius 2 is 1.92 bits per heavy atom. The normalized spacial score (nSPS) is 16.6. The smallest absolute Gasteiger partial charge is 0.222 e. The Bertz CT molecular complexity index is 702. The predicted molar refractivity (Wildman–Crippen MR) is 96.1 cm³/mol. The molecule has 0 radical (unpaired) electrons. The molecule has 1 aromatic carbocycles. The van der Waals surface area contributed by atoms with E-state index in [1.807, 2.05) is 41.4 Å². The molecule has 0 saturated carbocycles. The number of Topliss-reactive ketones (excluding diaryl/α,β-unsaturated/α-hetero) is 1. The van der Waals surface area contributed by atoms with Crippen molar-refractivity contribution >= 4 is 11.7 Å². The van der Waals surface area contributed by atoms with Crippen molar-refractivity contribution in [1.29, 1.82) is 0 Å². The molecule has 1 aliphatic rings. The van der Waals surface area contributed by atoms with E-state index in [2.05, 4.69) is 10.2 Å². The fourth-order valence-corrected chi connectivity index (χ4v) is 3.76. The lowest BCUT2D eigenvalue weighted by atomic mass is 9.70. The number of likely N-dealkylation sites (tertiary alicyclic amines) is 1. The fourth-order valence-electron chi connectivity index (χ4n) is 3.76. The van der Waals surface area contributed by atoms with Crippen molar-refractivity contribution in [3.05, 3.63) is 53.9 Å². The van der Waals surface area contributed by atoms with Crippen LogP contribution in [0.25, 0.3) is 0 Å². The first-order chi connectivity index (χ1) is 12.1. The van der Waals surface area contributed by atoms with Crippen LogP contribution in [0.1, 0.15) is 43.7 Å². The molecule has 0 aliphatic carbocycles. The van der Waals surface area contributed by atoms with Gasteiger partial charge in [-0.15, -0.1) is 0 Å². The predicted octanol–water partition coefficient (Wildman–Crippen LogP) is 2.88. The van der Waals surface area contributed by atoms with E-state index < -0.39 is 5.41 Å². The van der Waals surface area contributed by atoms with E-state index in [0.717, 1.165) is 24.0 Å². The summed E-state index contributed by atoms with van der Waals surface area (Å²) in [5.74, 6) is 0.388. The van der Waals surface area contributed by atoms with E-state index >= 15 is 0 Å². The van der Waals surface area contributed by atoms with Crippen LogP contribution in [0.2, 0.25) is 0 Å². The van der Waals surface area contributed by atoms with Gasteiger partial charge in [-0.2, -0.15) is 5.10 Å². The molecule has 3 rings (SSSR count). The molecule has 25 heavy (non-hydrogen) atoms. The Morgan fingerprint density at radius 3 is 2.52 bits per heavy atom. The molecule has 1 fully saturated rings. The lowest BCUT2D eigenvalue weighted by molar-refractivity contribution is -0.135. The van der Waals surface area contributed by atoms with Crippen molar-refractivity contribution in [1.82, 2.24) is 15.1 Å². The second-order valence-corrected chi connectivity index (χ2v) is 6.85. The van der Waals surface area contributed by atoms with Gasteiger partial charge < -0.3 is 4.90 Å². The van der Waals surface area contributed by atoms with Gasteiger partial charge in [0.15, 0.2) is 0 Å². The maximum absolute atomic E-state index is 12.5. The Labute approximate surface area is 148 Å². The van der Waals surface area contributed by atoms with Gasteiger partial charge in [0.05, 0.1) is 11.6 Å². The zero-order valence-corrected chi connectivity index (χ0v) is 14.7. The summed E-state index contributed by atoms with van der Waals surface area (Å²) < 4.78 is 0.